The summed E-state index contributed by atoms with van der Waals surface area (Å²) in [5, 5.41) is 0.266. The Morgan fingerprint density at radius 1 is 1.25 bits per heavy atom. The van der Waals surface area contributed by atoms with Crippen LogP contribution in [0.25, 0.3) is 0 Å². The highest BCUT2D eigenvalue weighted by molar-refractivity contribution is 8.00. The predicted octanol–water partition coefficient (Wildman–Crippen LogP) is 4.02. The van der Waals surface area contributed by atoms with E-state index in [0.29, 0.717) is 11.5 Å². The summed E-state index contributed by atoms with van der Waals surface area (Å²) in [5.74, 6) is -0.469. The van der Waals surface area contributed by atoms with E-state index in [-0.39, 0.29) is 12.8 Å². The van der Waals surface area contributed by atoms with Gasteiger partial charge in [-0.15, -0.1) is 23.4 Å². The largest absolute Gasteiger partial charge is 0.333 e. The molecule has 1 saturated heterocycles. The van der Waals surface area contributed by atoms with Gasteiger partial charge in [-0.2, -0.15) is 0 Å². The molecule has 1 aliphatic rings. The summed E-state index contributed by atoms with van der Waals surface area (Å²) >= 11 is 1.49. The van der Waals surface area contributed by atoms with Gasteiger partial charge in [-0.3, -0.25) is 9.59 Å². The lowest BCUT2D eigenvalue weighted by molar-refractivity contribution is -0.197. The highest BCUT2D eigenvalue weighted by atomic mass is 32.2. The Kier molecular flexibility index (Phi) is 10.5. The van der Waals surface area contributed by atoms with Crippen LogP contribution in [0.5, 0.6) is 0 Å². The van der Waals surface area contributed by atoms with Gasteiger partial charge in [0.15, 0.2) is 0 Å². The van der Waals surface area contributed by atoms with Gasteiger partial charge < -0.3 is 4.84 Å². The maximum atomic E-state index is 12.2. The monoisotopic (exact) mass is 355 g/mol. The fraction of sp³-hybridized carbons (Fsp3) is 0.722. The van der Waals surface area contributed by atoms with Crippen LogP contribution in [0.1, 0.15) is 71.1 Å². The van der Waals surface area contributed by atoms with Crippen LogP contribution >= 0.6 is 11.8 Å². The van der Waals surface area contributed by atoms with Crippen molar-refractivity contribution in [3.8, 4) is 0 Å². The summed E-state index contributed by atoms with van der Waals surface area (Å²) in [4.78, 5) is 40.8. The molecule has 0 aromatic carbocycles. The first-order chi connectivity index (χ1) is 11.6. The number of unbranched alkanes of at least 4 members (excludes halogenated alkanes) is 6. The number of hydroxylamine groups is 2. The van der Waals surface area contributed by atoms with Crippen molar-refractivity contribution in [2.75, 3.05) is 5.75 Å². The quantitative estimate of drug-likeness (QED) is 0.284. The van der Waals surface area contributed by atoms with Crippen LogP contribution in [0.3, 0.4) is 0 Å². The molecule has 1 rings (SSSR count). The van der Waals surface area contributed by atoms with Gasteiger partial charge in [0, 0.05) is 6.42 Å². The molecule has 1 fully saturated rings. The van der Waals surface area contributed by atoms with E-state index in [9.17, 15) is 14.4 Å². The van der Waals surface area contributed by atoms with Gasteiger partial charge in [-0.25, -0.2) is 4.79 Å². The number of amides is 2. The van der Waals surface area contributed by atoms with E-state index in [1.54, 1.807) is 6.08 Å². The number of hydrogen-bond donors (Lipinski definition) is 0. The second-order valence-corrected chi connectivity index (χ2v) is 7.31. The molecule has 6 heteroatoms. The fourth-order valence-electron chi connectivity index (χ4n) is 2.45. The van der Waals surface area contributed by atoms with Gasteiger partial charge in [-0.1, -0.05) is 38.7 Å². The summed E-state index contributed by atoms with van der Waals surface area (Å²) < 4.78 is 0. The van der Waals surface area contributed by atoms with E-state index in [1.807, 2.05) is 0 Å². The molecule has 1 atom stereocenters. The molecular formula is C18H29NO4S. The van der Waals surface area contributed by atoms with Crippen LogP contribution in [-0.4, -0.2) is 33.8 Å². The van der Waals surface area contributed by atoms with E-state index in [4.69, 9.17) is 4.84 Å². The Morgan fingerprint density at radius 2 is 2.00 bits per heavy atom. The topological polar surface area (TPSA) is 63.7 Å². The lowest BCUT2D eigenvalue weighted by atomic mass is 10.2. The maximum absolute atomic E-state index is 12.2. The third-order valence-electron chi connectivity index (χ3n) is 3.86. The number of carbonyl (C=O) groups excluding carboxylic acids is 3. The van der Waals surface area contributed by atoms with Crippen molar-refractivity contribution >= 4 is 29.5 Å². The molecule has 1 unspecified atom stereocenters. The number of thioether (sulfide) groups is 1. The SMILES string of the molecule is C=CCCCCC(=O)ON1C(=O)CC(SCCCCCCC)C1=O. The average Bonchev–Trinajstić information content (AvgIpc) is 2.82. The summed E-state index contributed by atoms with van der Waals surface area (Å²) in [6.07, 6.45) is 10.3. The van der Waals surface area contributed by atoms with Crippen LogP contribution < -0.4 is 0 Å². The fourth-order valence-corrected chi connectivity index (χ4v) is 3.60. The van der Waals surface area contributed by atoms with Crippen molar-refractivity contribution in [1.29, 1.82) is 0 Å². The van der Waals surface area contributed by atoms with Crippen LogP contribution in [0, 0.1) is 0 Å². The van der Waals surface area contributed by atoms with E-state index in [2.05, 4.69) is 13.5 Å². The Hall–Kier alpha value is -1.30. The molecule has 0 aliphatic carbocycles. The van der Waals surface area contributed by atoms with E-state index in [1.165, 1.54) is 31.0 Å². The number of imide groups is 1. The third kappa shape index (κ3) is 7.51. The highest BCUT2D eigenvalue weighted by Crippen LogP contribution is 2.26. The minimum absolute atomic E-state index is 0.127. The molecule has 2 amide bonds. The summed E-state index contributed by atoms with van der Waals surface area (Å²) in [6.45, 7) is 5.79. The number of allylic oxidation sites excluding steroid dienone is 1. The van der Waals surface area contributed by atoms with Crippen LogP contribution in [0.2, 0.25) is 0 Å². The minimum atomic E-state index is -0.522. The smallest absolute Gasteiger partial charge is 0.330 e. The van der Waals surface area contributed by atoms with Gasteiger partial charge >= 0.3 is 5.97 Å². The molecule has 136 valence electrons. The molecule has 0 spiro atoms. The summed E-state index contributed by atoms with van der Waals surface area (Å²) in [6, 6.07) is 0. The highest BCUT2D eigenvalue weighted by Gasteiger charge is 2.41. The summed E-state index contributed by atoms with van der Waals surface area (Å²) in [5.41, 5.74) is 0. The standard InChI is InChI=1S/C18H29NO4S/c1-3-5-7-9-11-13-24-15-14-16(20)19(18(15)22)23-17(21)12-10-8-6-4-2/h4,15H,2-3,5-14H2,1H3. The van der Waals surface area contributed by atoms with Gasteiger partial charge in [0.1, 0.15) is 0 Å². The molecule has 0 N–H and O–H groups in total. The summed E-state index contributed by atoms with van der Waals surface area (Å²) in [7, 11) is 0. The first kappa shape index (κ1) is 20.7. The van der Waals surface area contributed by atoms with Crippen molar-refractivity contribution in [2.45, 2.75) is 76.4 Å². The second-order valence-electron chi connectivity index (χ2n) is 6.00. The Balaban J connectivity index is 2.27. The third-order valence-corrected chi connectivity index (χ3v) is 5.16. The lowest BCUT2D eigenvalue weighted by Crippen LogP contribution is -2.34. The predicted molar refractivity (Wildman–Crippen MR) is 96.2 cm³/mol. The average molecular weight is 356 g/mol. The Labute approximate surface area is 149 Å². The van der Waals surface area contributed by atoms with Gasteiger partial charge in [-0.05, 0) is 31.4 Å². The zero-order valence-corrected chi connectivity index (χ0v) is 15.4. The second kappa shape index (κ2) is 12.1. The first-order valence-corrected chi connectivity index (χ1v) is 9.95. The molecule has 0 aromatic heterocycles. The Bertz CT molecular complexity index is 439. The Morgan fingerprint density at radius 3 is 2.71 bits per heavy atom. The number of carbonyl (C=O) groups is 3. The van der Waals surface area contributed by atoms with E-state index >= 15 is 0 Å². The molecule has 1 heterocycles. The molecular weight excluding hydrogens is 326 g/mol. The number of nitrogens with zero attached hydrogens (tertiary/aromatic N) is 1. The van der Waals surface area contributed by atoms with Crippen molar-refractivity contribution in [1.82, 2.24) is 5.06 Å². The maximum Gasteiger partial charge on any atom is 0.333 e. The van der Waals surface area contributed by atoms with Crippen molar-refractivity contribution in [3.05, 3.63) is 12.7 Å². The molecule has 1 aliphatic heterocycles. The van der Waals surface area contributed by atoms with Crippen molar-refractivity contribution in [2.24, 2.45) is 0 Å². The molecule has 0 saturated carbocycles. The molecule has 0 bridgehead atoms. The lowest BCUT2D eigenvalue weighted by Gasteiger charge is -2.13. The van der Waals surface area contributed by atoms with Crippen molar-refractivity contribution in [3.63, 3.8) is 0 Å². The van der Waals surface area contributed by atoms with Crippen LogP contribution in [0.15, 0.2) is 12.7 Å². The van der Waals surface area contributed by atoms with Crippen LogP contribution in [0.4, 0.5) is 0 Å². The van der Waals surface area contributed by atoms with Gasteiger partial charge in [0.05, 0.1) is 11.7 Å². The minimum Gasteiger partial charge on any atom is -0.330 e. The van der Waals surface area contributed by atoms with Gasteiger partial charge in [0.25, 0.3) is 11.8 Å². The zero-order valence-electron chi connectivity index (χ0n) is 14.6. The zero-order chi connectivity index (χ0) is 17.8. The number of rotatable bonds is 13. The van der Waals surface area contributed by atoms with E-state index in [0.717, 1.165) is 31.4 Å². The van der Waals surface area contributed by atoms with E-state index < -0.39 is 23.0 Å². The molecule has 5 nitrogen and oxygen atoms in total. The van der Waals surface area contributed by atoms with Gasteiger partial charge in [0.2, 0.25) is 0 Å². The first-order valence-electron chi connectivity index (χ1n) is 8.90. The van der Waals surface area contributed by atoms with Crippen molar-refractivity contribution < 1.29 is 19.2 Å². The molecule has 0 radical (unpaired) electrons. The molecule has 0 aromatic rings. The number of hydrogen-bond acceptors (Lipinski definition) is 5. The van der Waals surface area contributed by atoms with Crippen LogP contribution in [-0.2, 0) is 19.2 Å². The molecule has 24 heavy (non-hydrogen) atoms. The normalized spacial score (nSPS) is 17.4.